The van der Waals surface area contributed by atoms with Crippen LogP contribution in [0.2, 0.25) is 0 Å². The summed E-state index contributed by atoms with van der Waals surface area (Å²) in [5, 5.41) is 2.86. The maximum Gasteiger partial charge on any atom is 0.397 e. The number of hydrogen-bond acceptors (Lipinski definition) is 4. The van der Waals surface area contributed by atoms with Crippen LogP contribution in [0, 0.1) is 5.82 Å². The lowest BCUT2D eigenvalue weighted by Crippen LogP contribution is -2.28. The fourth-order valence-corrected chi connectivity index (χ4v) is 3.27. The van der Waals surface area contributed by atoms with E-state index >= 15 is 0 Å². The van der Waals surface area contributed by atoms with Crippen molar-refractivity contribution in [2.24, 2.45) is 0 Å². The minimum Gasteiger partial charge on any atom is -0.459 e. The standard InChI is InChI=1S/C21H16FN3O4/c1-2-29-21(28)20(27)25-18-15(11-6-4-3-5-7-11)17-16(24-19(18)26)13-10-12(22)8-9-14(13)23-17/h3-10,23H,2H2,1H3,(H,24,26)(H,25,27). The molecule has 0 saturated heterocycles. The van der Waals surface area contributed by atoms with Crippen LogP contribution in [0.1, 0.15) is 6.92 Å². The van der Waals surface area contributed by atoms with Gasteiger partial charge in [-0.2, -0.15) is 0 Å². The monoisotopic (exact) mass is 393 g/mol. The summed E-state index contributed by atoms with van der Waals surface area (Å²) >= 11 is 0. The Hall–Kier alpha value is -3.94. The lowest BCUT2D eigenvalue weighted by atomic mass is 10.0. The zero-order valence-electron chi connectivity index (χ0n) is 15.3. The third-order valence-corrected chi connectivity index (χ3v) is 4.49. The molecule has 0 aliphatic rings. The third kappa shape index (κ3) is 3.25. The molecule has 0 spiro atoms. The molecule has 4 aromatic rings. The average molecular weight is 393 g/mol. The molecule has 7 nitrogen and oxygen atoms in total. The second-order valence-corrected chi connectivity index (χ2v) is 6.31. The first-order valence-corrected chi connectivity index (χ1v) is 8.90. The van der Waals surface area contributed by atoms with E-state index in [-0.39, 0.29) is 12.3 Å². The maximum absolute atomic E-state index is 13.8. The Morgan fingerprint density at radius 2 is 1.83 bits per heavy atom. The highest BCUT2D eigenvalue weighted by atomic mass is 19.1. The molecule has 0 radical (unpaired) electrons. The van der Waals surface area contributed by atoms with E-state index < -0.39 is 23.3 Å². The van der Waals surface area contributed by atoms with Crippen LogP contribution in [-0.2, 0) is 14.3 Å². The van der Waals surface area contributed by atoms with Crippen LogP contribution in [0.5, 0.6) is 0 Å². The highest BCUT2D eigenvalue weighted by Crippen LogP contribution is 2.35. The predicted octanol–water partition coefficient (Wildman–Crippen LogP) is 3.32. The van der Waals surface area contributed by atoms with Crippen LogP contribution in [-0.4, -0.2) is 28.5 Å². The van der Waals surface area contributed by atoms with E-state index in [4.69, 9.17) is 4.74 Å². The maximum atomic E-state index is 13.8. The Morgan fingerprint density at radius 3 is 2.55 bits per heavy atom. The fourth-order valence-electron chi connectivity index (χ4n) is 3.27. The molecule has 0 saturated carbocycles. The number of pyridine rings is 1. The summed E-state index contributed by atoms with van der Waals surface area (Å²) in [6.07, 6.45) is 0. The van der Waals surface area contributed by atoms with Gasteiger partial charge in [-0.25, -0.2) is 9.18 Å². The molecule has 146 valence electrons. The van der Waals surface area contributed by atoms with Gasteiger partial charge in [0.05, 0.1) is 17.6 Å². The van der Waals surface area contributed by atoms with E-state index in [1.165, 1.54) is 12.1 Å². The number of rotatable bonds is 3. The van der Waals surface area contributed by atoms with E-state index in [9.17, 15) is 18.8 Å². The van der Waals surface area contributed by atoms with Crippen LogP contribution < -0.4 is 10.9 Å². The number of anilines is 1. The quantitative estimate of drug-likeness (QED) is 0.367. The number of carbonyl (C=O) groups is 2. The van der Waals surface area contributed by atoms with Crippen molar-refractivity contribution in [3.63, 3.8) is 0 Å². The summed E-state index contributed by atoms with van der Waals surface area (Å²) in [4.78, 5) is 42.6. The molecule has 29 heavy (non-hydrogen) atoms. The molecule has 0 aliphatic carbocycles. The van der Waals surface area contributed by atoms with Crippen LogP contribution in [0.3, 0.4) is 0 Å². The molecule has 0 unspecified atom stereocenters. The smallest absolute Gasteiger partial charge is 0.397 e. The molecule has 4 rings (SSSR count). The number of fused-ring (bicyclic) bond motifs is 3. The van der Waals surface area contributed by atoms with Crippen molar-refractivity contribution in [1.29, 1.82) is 0 Å². The number of aromatic amines is 2. The summed E-state index contributed by atoms with van der Waals surface area (Å²) in [5.74, 6) is -2.60. The minimum atomic E-state index is -1.09. The molecule has 0 fully saturated rings. The van der Waals surface area contributed by atoms with Gasteiger partial charge >= 0.3 is 11.9 Å². The van der Waals surface area contributed by atoms with E-state index in [1.807, 2.05) is 6.07 Å². The summed E-state index contributed by atoms with van der Waals surface area (Å²) in [5.41, 5.74) is 1.80. The number of hydrogen-bond donors (Lipinski definition) is 3. The van der Waals surface area contributed by atoms with Gasteiger partial charge in [0.25, 0.3) is 5.56 Å². The first kappa shape index (κ1) is 18.4. The Morgan fingerprint density at radius 1 is 1.07 bits per heavy atom. The van der Waals surface area contributed by atoms with Gasteiger partial charge in [-0.3, -0.25) is 9.59 Å². The summed E-state index contributed by atoms with van der Waals surface area (Å²) in [6, 6.07) is 13.1. The SMILES string of the molecule is CCOC(=O)C(=O)Nc1c(-c2ccccc2)c2[nH]c3ccc(F)cc3c2[nH]c1=O. The van der Waals surface area contributed by atoms with Crippen LogP contribution in [0.15, 0.2) is 53.3 Å². The Kier molecular flexibility index (Phi) is 4.59. The lowest BCUT2D eigenvalue weighted by molar-refractivity contribution is -0.152. The van der Waals surface area contributed by atoms with Crippen LogP contribution in [0.4, 0.5) is 10.1 Å². The molecular weight excluding hydrogens is 377 g/mol. The second kappa shape index (κ2) is 7.23. The van der Waals surface area contributed by atoms with Crippen molar-refractivity contribution >= 4 is 39.5 Å². The van der Waals surface area contributed by atoms with Crippen molar-refractivity contribution in [3.05, 3.63) is 64.7 Å². The number of benzene rings is 2. The lowest BCUT2D eigenvalue weighted by Gasteiger charge is -2.11. The Bertz CT molecular complexity index is 1310. The molecule has 2 aromatic carbocycles. The molecular formula is C21H16FN3O4. The molecule has 0 aliphatic heterocycles. The number of aromatic nitrogens is 2. The molecule has 2 aromatic heterocycles. The zero-order chi connectivity index (χ0) is 20.5. The topological polar surface area (TPSA) is 104 Å². The van der Waals surface area contributed by atoms with Gasteiger partial charge in [-0.15, -0.1) is 0 Å². The predicted molar refractivity (Wildman–Crippen MR) is 107 cm³/mol. The van der Waals surface area contributed by atoms with Crippen LogP contribution in [0.25, 0.3) is 33.1 Å². The van der Waals surface area contributed by atoms with Crippen molar-refractivity contribution < 1.29 is 18.7 Å². The number of nitrogens with one attached hydrogen (secondary N) is 3. The zero-order valence-corrected chi connectivity index (χ0v) is 15.3. The van der Waals surface area contributed by atoms with Gasteiger partial charge in [0.2, 0.25) is 0 Å². The van der Waals surface area contributed by atoms with E-state index in [0.29, 0.717) is 33.1 Å². The van der Waals surface area contributed by atoms with Gasteiger partial charge in [-0.1, -0.05) is 30.3 Å². The molecule has 0 bridgehead atoms. The largest absolute Gasteiger partial charge is 0.459 e. The minimum absolute atomic E-state index is 0.0285. The van der Waals surface area contributed by atoms with Gasteiger partial charge in [0, 0.05) is 16.5 Å². The van der Waals surface area contributed by atoms with E-state index in [2.05, 4.69) is 15.3 Å². The van der Waals surface area contributed by atoms with E-state index in [1.54, 1.807) is 37.3 Å². The highest BCUT2D eigenvalue weighted by molar-refractivity contribution is 6.37. The van der Waals surface area contributed by atoms with Gasteiger partial charge in [-0.05, 0) is 30.7 Å². The van der Waals surface area contributed by atoms with Crippen LogP contribution >= 0.6 is 0 Å². The van der Waals surface area contributed by atoms with Crippen molar-refractivity contribution in [3.8, 4) is 11.1 Å². The summed E-state index contributed by atoms with van der Waals surface area (Å²) < 4.78 is 18.5. The number of amides is 1. The first-order chi connectivity index (χ1) is 14.0. The summed E-state index contributed by atoms with van der Waals surface area (Å²) in [7, 11) is 0. The number of halogens is 1. The fraction of sp³-hybridized carbons (Fsp3) is 0.0952. The molecule has 2 heterocycles. The average Bonchev–Trinajstić information content (AvgIpc) is 3.06. The Labute approximate surface area is 163 Å². The van der Waals surface area contributed by atoms with Gasteiger partial charge < -0.3 is 20.0 Å². The number of esters is 1. The number of ether oxygens (including phenoxy) is 1. The third-order valence-electron chi connectivity index (χ3n) is 4.49. The highest BCUT2D eigenvalue weighted by Gasteiger charge is 2.23. The van der Waals surface area contributed by atoms with Crippen molar-refractivity contribution in [2.75, 3.05) is 11.9 Å². The van der Waals surface area contributed by atoms with Crippen molar-refractivity contribution in [2.45, 2.75) is 6.92 Å². The van der Waals surface area contributed by atoms with Crippen molar-refractivity contribution in [1.82, 2.24) is 9.97 Å². The molecule has 0 atom stereocenters. The number of H-pyrrole nitrogens is 2. The van der Waals surface area contributed by atoms with Gasteiger partial charge in [0.15, 0.2) is 0 Å². The van der Waals surface area contributed by atoms with E-state index in [0.717, 1.165) is 0 Å². The first-order valence-electron chi connectivity index (χ1n) is 8.90. The molecule has 1 amide bonds. The molecule has 8 heteroatoms. The normalized spacial score (nSPS) is 11.0. The second-order valence-electron chi connectivity index (χ2n) is 6.31. The summed E-state index contributed by atoms with van der Waals surface area (Å²) in [6.45, 7) is 1.60. The number of carbonyl (C=O) groups excluding carboxylic acids is 2. The van der Waals surface area contributed by atoms with Gasteiger partial charge in [0.1, 0.15) is 11.5 Å². The Balaban J connectivity index is 2.01. The molecule has 3 N–H and O–H groups in total.